The van der Waals surface area contributed by atoms with Crippen LogP contribution < -0.4 is 20.9 Å². The molecule has 3 saturated carbocycles. The minimum absolute atomic E-state index is 0. The number of nitro benzene ring substituents is 2. The quantitative estimate of drug-likeness (QED) is 0.150. The van der Waals surface area contributed by atoms with E-state index in [2.05, 4.69) is 69.0 Å². The fourth-order valence-corrected chi connectivity index (χ4v) is 8.79. The topological polar surface area (TPSA) is 131 Å². The molecule has 3 spiro atoms. The Morgan fingerprint density at radius 1 is 0.593 bits per heavy atom. The van der Waals surface area contributed by atoms with Gasteiger partial charge in [0.15, 0.2) is 0 Å². The standard InChI is InChI=1S/C13H15BrN2O2.C13H17BrN2.C7H13N.C6H3BrFNO2.ClH/c14-10-1-2-11(16(17)18)12(9-10)15-7-5-13(3-4-13)6-8-15;14-10-1-2-11(15)12(9-10)16-7-5-13(3-4-13)6-8-16;1-2-7(1)3-5-8-6-4-7;7-4-1-2-6(9(10)11)5(8)3-4;/h1-2,9H,3-8H2;1-2,9H,3-8,15H2;8H,1-6H2;1-3H;1H. The molecule has 0 amide bonds. The first-order chi connectivity index (χ1) is 25.3. The Morgan fingerprint density at radius 3 is 1.41 bits per heavy atom. The lowest BCUT2D eigenvalue weighted by atomic mass is 9.93. The largest absolute Gasteiger partial charge is 0.397 e. The molecule has 0 radical (unpaired) electrons. The summed E-state index contributed by atoms with van der Waals surface area (Å²) in [5, 5.41) is 24.5. The highest BCUT2D eigenvalue weighted by Crippen LogP contribution is 2.55. The Hall–Kier alpha value is -2.52. The summed E-state index contributed by atoms with van der Waals surface area (Å²) < 4.78 is 15.1. The summed E-state index contributed by atoms with van der Waals surface area (Å²) in [6, 6.07) is 14.9. The van der Waals surface area contributed by atoms with Crippen molar-refractivity contribution in [3.63, 3.8) is 0 Å². The molecular formula is C39H49Br3ClFN6O4. The normalized spacial score (nSPS) is 20.5. The maximum absolute atomic E-state index is 12.6. The molecule has 3 aromatic carbocycles. The fourth-order valence-electron chi connectivity index (χ4n) is 7.76. The molecule has 0 atom stereocenters. The Kier molecular flexibility index (Phi) is 14.3. The van der Waals surface area contributed by atoms with Gasteiger partial charge in [0.25, 0.3) is 5.69 Å². The molecule has 0 aromatic heterocycles. The summed E-state index contributed by atoms with van der Waals surface area (Å²) in [6.45, 7) is 6.77. The highest BCUT2D eigenvalue weighted by molar-refractivity contribution is 9.11. The third kappa shape index (κ3) is 11.3. The molecule has 0 unspecified atom stereocenters. The van der Waals surface area contributed by atoms with E-state index in [9.17, 15) is 24.6 Å². The van der Waals surface area contributed by atoms with Crippen molar-refractivity contribution < 1.29 is 14.2 Å². The van der Waals surface area contributed by atoms with Gasteiger partial charge in [-0.2, -0.15) is 4.39 Å². The average Bonchev–Trinajstić information content (AvgIpc) is 4.09. The summed E-state index contributed by atoms with van der Waals surface area (Å²) >= 11 is 9.90. The average molecular weight is 960 g/mol. The molecular weight excluding hydrogens is 911 g/mol. The first-order valence-corrected chi connectivity index (χ1v) is 21.0. The van der Waals surface area contributed by atoms with E-state index in [1.165, 1.54) is 115 Å². The van der Waals surface area contributed by atoms with E-state index < -0.39 is 16.4 Å². The van der Waals surface area contributed by atoms with Crippen LogP contribution in [0.2, 0.25) is 0 Å². The lowest BCUT2D eigenvalue weighted by molar-refractivity contribution is -0.387. The van der Waals surface area contributed by atoms with Crippen LogP contribution in [0.1, 0.15) is 77.0 Å². The number of nitro groups is 2. The summed E-state index contributed by atoms with van der Waals surface area (Å²) in [5.41, 5.74) is 10.8. The van der Waals surface area contributed by atoms with Crippen LogP contribution in [-0.4, -0.2) is 49.1 Å². The third-order valence-corrected chi connectivity index (χ3v) is 13.6. The van der Waals surface area contributed by atoms with Crippen LogP contribution >= 0.6 is 60.2 Å². The number of nitrogen functional groups attached to an aromatic ring is 1. The summed E-state index contributed by atoms with van der Waals surface area (Å²) in [4.78, 5) is 24.7. The lowest BCUT2D eigenvalue weighted by Crippen LogP contribution is -2.34. The molecule has 3 aliphatic carbocycles. The zero-order valence-electron chi connectivity index (χ0n) is 30.3. The van der Waals surface area contributed by atoms with Crippen LogP contribution in [0, 0.1) is 42.3 Å². The Bertz CT molecular complexity index is 1780. The van der Waals surface area contributed by atoms with Crippen LogP contribution in [0.25, 0.3) is 0 Å². The molecule has 3 N–H and O–H groups in total. The molecule has 3 heterocycles. The second kappa shape index (κ2) is 18.2. The number of halogens is 5. The molecule has 9 rings (SSSR count). The van der Waals surface area contributed by atoms with Gasteiger partial charge in [0, 0.05) is 51.7 Å². The number of nitrogens with two attached hydrogens (primary N) is 1. The van der Waals surface area contributed by atoms with Gasteiger partial charge in [-0.1, -0.05) is 47.8 Å². The van der Waals surface area contributed by atoms with Crippen molar-refractivity contribution in [2.45, 2.75) is 77.0 Å². The maximum atomic E-state index is 12.6. The highest BCUT2D eigenvalue weighted by atomic mass is 79.9. The first kappa shape index (κ1) is 42.6. The molecule has 3 saturated heterocycles. The molecule has 6 aliphatic rings. The van der Waals surface area contributed by atoms with Gasteiger partial charge in [-0.15, -0.1) is 12.4 Å². The van der Waals surface area contributed by atoms with E-state index in [1.54, 1.807) is 12.1 Å². The first-order valence-electron chi connectivity index (χ1n) is 18.6. The van der Waals surface area contributed by atoms with Gasteiger partial charge in [0.1, 0.15) is 5.69 Å². The molecule has 10 nitrogen and oxygen atoms in total. The van der Waals surface area contributed by atoms with E-state index in [4.69, 9.17) is 5.73 Å². The molecule has 15 heteroatoms. The number of hydrogen-bond acceptors (Lipinski definition) is 8. The Morgan fingerprint density at radius 2 is 0.981 bits per heavy atom. The Balaban J connectivity index is 0.000000143. The van der Waals surface area contributed by atoms with Gasteiger partial charge in [0.05, 0.1) is 21.2 Å². The highest BCUT2D eigenvalue weighted by Gasteiger charge is 2.46. The summed E-state index contributed by atoms with van der Waals surface area (Å²) in [7, 11) is 0. The lowest BCUT2D eigenvalue weighted by Gasteiger charge is -2.34. The SMILES string of the molecule is C1CC2(CCN1)CC2.Cl.Nc1ccc(Br)cc1N1CCC2(CC1)CC2.O=[N+]([O-])c1ccc(Br)cc1F.O=[N+]([O-])c1ccc(Br)cc1N1CCC2(CC1)CC2. The zero-order chi connectivity index (χ0) is 37.8. The molecule has 0 bridgehead atoms. The van der Waals surface area contributed by atoms with Gasteiger partial charge in [0.2, 0.25) is 5.82 Å². The van der Waals surface area contributed by atoms with Crippen molar-refractivity contribution in [2.75, 3.05) is 54.8 Å². The van der Waals surface area contributed by atoms with E-state index >= 15 is 0 Å². The van der Waals surface area contributed by atoms with E-state index in [1.807, 2.05) is 18.2 Å². The van der Waals surface area contributed by atoms with Crippen molar-refractivity contribution in [1.29, 1.82) is 0 Å². The van der Waals surface area contributed by atoms with Gasteiger partial charge in [-0.05, 0) is 149 Å². The van der Waals surface area contributed by atoms with Crippen LogP contribution in [-0.2, 0) is 0 Å². The Labute approximate surface area is 348 Å². The molecule has 6 fully saturated rings. The van der Waals surface area contributed by atoms with Crippen LogP contribution in [0.15, 0.2) is 68.0 Å². The smallest absolute Gasteiger partial charge is 0.304 e. The minimum atomic E-state index is -0.829. The van der Waals surface area contributed by atoms with Crippen molar-refractivity contribution in [1.82, 2.24) is 5.32 Å². The van der Waals surface area contributed by atoms with Gasteiger partial charge >= 0.3 is 5.69 Å². The number of benzene rings is 3. The number of anilines is 3. The predicted molar refractivity (Wildman–Crippen MR) is 227 cm³/mol. The number of rotatable bonds is 4. The van der Waals surface area contributed by atoms with Crippen molar-refractivity contribution in [3.05, 3.63) is 94.1 Å². The van der Waals surface area contributed by atoms with Gasteiger partial charge in [-0.3, -0.25) is 20.2 Å². The number of hydrogen-bond donors (Lipinski definition) is 2. The number of nitrogens with one attached hydrogen (secondary N) is 1. The number of piperidine rings is 3. The molecule has 54 heavy (non-hydrogen) atoms. The van der Waals surface area contributed by atoms with Crippen LogP contribution in [0.5, 0.6) is 0 Å². The van der Waals surface area contributed by atoms with E-state index in [0.29, 0.717) is 9.89 Å². The van der Waals surface area contributed by atoms with Crippen molar-refractivity contribution in [3.8, 4) is 0 Å². The third-order valence-electron chi connectivity index (χ3n) is 12.1. The summed E-state index contributed by atoms with van der Waals surface area (Å²) in [6.07, 6.45) is 16.6. The summed E-state index contributed by atoms with van der Waals surface area (Å²) in [5.74, 6) is -0.829. The second-order valence-electron chi connectivity index (χ2n) is 15.7. The molecule has 3 aromatic rings. The van der Waals surface area contributed by atoms with Gasteiger partial charge < -0.3 is 20.9 Å². The second-order valence-corrected chi connectivity index (χ2v) is 18.4. The maximum Gasteiger partial charge on any atom is 0.304 e. The van der Waals surface area contributed by atoms with Crippen LogP contribution in [0.4, 0.5) is 32.8 Å². The predicted octanol–water partition coefficient (Wildman–Crippen LogP) is 11.2. The molecule has 3 aliphatic heterocycles. The van der Waals surface area contributed by atoms with E-state index in [-0.39, 0.29) is 23.0 Å². The fraction of sp³-hybridized carbons (Fsp3) is 0.538. The monoisotopic (exact) mass is 956 g/mol. The zero-order valence-corrected chi connectivity index (χ0v) is 35.9. The van der Waals surface area contributed by atoms with Crippen LogP contribution in [0.3, 0.4) is 0 Å². The van der Waals surface area contributed by atoms with Gasteiger partial charge in [-0.25, -0.2) is 0 Å². The van der Waals surface area contributed by atoms with E-state index in [0.717, 1.165) is 56.4 Å². The molecule has 294 valence electrons. The van der Waals surface area contributed by atoms with Crippen molar-refractivity contribution in [2.24, 2.45) is 16.2 Å². The minimum Gasteiger partial charge on any atom is -0.397 e. The number of nitrogens with zero attached hydrogens (tertiary/aromatic N) is 4. The van der Waals surface area contributed by atoms with Crippen molar-refractivity contribution >= 4 is 88.6 Å².